The maximum absolute atomic E-state index is 13.4. The van der Waals surface area contributed by atoms with Crippen molar-refractivity contribution in [1.29, 1.82) is 5.26 Å². The third-order valence-corrected chi connectivity index (χ3v) is 6.46. The molecule has 3 aromatic carbocycles. The van der Waals surface area contributed by atoms with E-state index in [9.17, 15) is 10.1 Å². The van der Waals surface area contributed by atoms with Gasteiger partial charge in [0.2, 0.25) is 0 Å². The van der Waals surface area contributed by atoms with Crippen LogP contribution >= 0.6 is 22.6 Å². The minimum absolute atomic E-state index is 0.0151. The Morgan fingerprint density at radius 1 is 1.09 bits per heavy atom. The van der Waals surface area contributed by atoms with Crippen molar-refractivity contribution in [3.63, 3.8) is 0 Å². The minimum Gasteiger partial charge on any atom is -0.490 e. The van der Waals surface area contributed by atoms with Crippen LogP contribution in [0.25, 0.3) is 11.6 Å². The molecule has 178 valence electrons. The zero-order valence-electron chi connectivity index (χ0n) is 20.0. The zero-order chi connectivity index (χ0) is 24.9. The maximum atomic E-state index is 13.4. The molecule has 0 saturated heterocycles. The first-order valence-electron chi connectivity index (χ1n) is 11.6. The number of nitriles is 1. The van der Waals surface area contributed by atoms with Crippen molar-refractivity contribution in [3.8, 4) is 17.6 Å². The van der Waals surface area contributed by atoms with Crippen LogP contribution in [0.2, 0.25) is 0 Å². The molecule has 0 atom stereocenters. The van der Waals surface area contributed by atoms with Gasteiger partial charge in [-0.15, -0.1) is 0 Å². The van der Waals surface area contributed by atoms with Gasteiger partial charge in [0.05, 0.1) is 27.5 Å². The highest BCUT2D eigenvalue weighted by Crippen LogP contribution is 2.40. The van der Waals surface area contributed by atoms with E-state index in [1.165, 1.54) is 0 Å². The van der Waals surface area contributed by atoms with Crippen LogP contribution in [-0.4, -0.2) is 19.1 Å². The number of ether oxygens (including phenoxy) is 2. The fourth-order valence-electron chi connectivity index (χ4n) is 4.14. The van der Waals surface area contributed by atoms with Gasteiger partial charge in [0.1, 0.15) is 6.61 Å². The number of hydrogen-bond acceptors (Lipinski definition) is 4. The van der Waals surface area contributed by atoms with Gasteiger partial charge in [-0.1, -0.05) is 50.2 Å². The average Bonchev–Trinajstić information content (AvgIpc) is 3.09. The van der Waals surface area contributed by atoms with Crippen LogP contribution in [-0.2, 0) is 11.4 Å². The summed E-state index contributed by atoms with van der Waals surface area (Å²) in [5.41, 5.74) is 4.85. The molecular formula is C29H27IN2O3. The van der Waals surface area contributed by atoms with Crippen LogP contribution < -0.4 is 14.4 Å². The topological polar surface area (TPSA) is 62.6 Å². The molecule has 0 bridgehead atoms. The van der Waals surface area contributed by atoms with E-state index >= 15 is 0 Å². The van der Waals surface area contributed by atoms with Gasteiger partial charge in [-0.05, 0) is 71.3 Å². The van der Waals surface area contributed by atoms with Crippen LogP contribution in [0.3, 0.4) is 0 Å². The zero-order valence-corrected chi connectivity index (χ0v) is 22.2. The molecule has 4 rings (SSSR count). The Bertz CT molecular complexity index is 1320. The molecule has 1 aliphatic rings. The number of anilines is 1. The van der Waals surface area contributed by atoms with Crippen molar-refractivity contribution in [2.75, 3.05) is 18.1 Å². The van der Waals surface area contributed by atoms with Gasteiger partial charge in [0.15, 0.2) is 11.5 Å². The number of fused-ring (bicyclic) bond motifs is 1. The first-order valence-corrected chi connectivity index (χ1v) is 12.7. The minimum atomic E-state index is 0.0151. The molecule has 5 nitrogen and oxygen atoms in total. The molecule has 6 heteroatoms. The summed E-state index contributed by atoms with van der Waals surface area (Å²) >= 11 is 2.23. The van der Waals surface area contributed by atoms with E-state index in [1.807, 2.05) is 72.5 Å². The van der Waals surface area contributed by atoms with Gasteiger partial charge in [-0.25, -0.2) is 0 Å². The summed E-state index contributed by atoms with van der Waals surface area (Å²) in [4.78, 5) is 15.2. The molecule has 0 unspecified atom stereocenters. The first-order chi connectivity index (χ1) is 16.9. The molecule has 1 aliphatic heterocycles. The second kappa shape index (κ2) is 11.0. The summed E-state index contributed by atoms with van der Waals surface area (Å²) in [5, 5.41) is 9.37. The van der Waals surface area contributed by atoms with Gasteiger partial charge >= 0.3 is 0 Å². The Kier molecular flexibility index (Phi) is 7.76. The molecule has 0 aliphatic carbocycles. The van der Waals surface area contributed by atoms with E-state index in [4.69, 9.17) is 9.47 Å². The Hall–Kier alpha value is -3.31. The molecule has 0 saturated carbocycles. The monoisotopic (exact) mass is 578 g/mol. The fourth-order valence-corrected chi connectivity index (χ4v) is 4.92. The van der Waals surface area contributed by atoms with Crippen molar-refractivity contribution in [2.24, 2.45) is 5.92 Å². The standard InChI is InChI=1S/C29H27IN2O3/c1-4-34-27-15-20(14-25(30)28(27)35-18-22-10-6-5-9-21(22)16-31)13-24-23-11-7-8-12-26(23)32(29(24)33)17-19(2)3/h5-15,19H,4,17-18H2,1-3H3/b24-13-. The Labute approximate surface area is 220 Å². The number of rotatable bonds is 8. The molecule has 0 aromatic heterocycles. The van der Waals surface area contributed by atoms with Gasteiger partial charge < -0.3 is 14.4 Å². The predicted octanol–water partition coefficient (Wildman–Crippen LogP) is 6.68. The van der Waals surface area contributed by atoms with Crippen molar-refractivity contribution in [1.82, 2.24) is 0 Å². The second-order valence-electron chi connectivity index (χ2n) is 8.71. The molecule has 1 heterocycles. The molecule has 35 heavy (non-hydrogen) atoms. The van der Waals surface area contributed by atoms with E-state index in [0.717, 1.165) is 25.9 Å². The van der Waals surface area contributed by atoms with Crippen LogP contribution in [0.15, 0.2) is 60.7 Å². The fraction of sp³-hybridized carbons (Fsp3) is 0.241. The van der Waals surface area contributed by atoms with Crippen molar-refractivity contribution < 1.29 is 14.3 Å². The lowest BCUT2D eigenvalue weighted by Crippen LogP contribution is -2.30. The van der Waals surface area contributed by atoms with E-state index in [0.29, 0.717) is 41.7 Å². The van der Waals surface area contributed by atoms with Gasteiger partial charge in [-0.3, -0.25) is 4.79 Å². The van der Waals surface area contributed by atoms with E-state index < -0.39 is 0 Å². The SMILES string of the molecule is CCOc1cc(/C=C2\C(=O)N(CC(C)C)c3ccccc32)cc(I)c1OCc1ccccc1C#N. The molecule has 0 radical (unpaired) electrons. The molecule has 0 N–H and O–H groups in total. The summed E-state index contributed by atoms with van der Waals surface area (Å²) in [5.74, 6) is 1.61. The highest BCUT2D eigenvalue weighted by atomic mass is 127. The summed E-state index contributed by atoms with van der Waals surface area (Å²) < 4.78 is 12.9. The molecule has 3 aromatic rings. The lowest BCUT2D eigenvalue weighted by molar-refractivity contribution is -0.113. The molecule has 1 amide bonds. The van der Waals surface area contributed by atoms with Crippen LogP contribution in [0.1, 0.15) is 43.0 Å². The highest BCUT2D eigenvalue weighted by Gasteiger charge is 2.32. The number of benzene rings is 3. The number of hydrogen-bond donors (Lipinski definition) is 0. The van der Waals surface area contributed by atoms with Gasteiger partial charge in [0.25, 0.3) is 5.91 Å². The highest BCUT2D eigenvalue weighted by molar-refractivity contribution is 14.1. The number of amides is 1. The molecule has 0 fully saturated rings. The second-order valence-corrected chi connectivity index (χ2v) is 9.87. The van der Waals surface area contributed by atoms with E-state index in [1.54, 1.807) is 6.07 Å². The summed E-state index contributed by atoms with van der Waals surface area (Å²) in [6.07, 6.45) is 1.93. The Morgan fingerprint density at radius 2 is 1.83 bits per heavy atom. The van der Waals surface area contributed by atoms with Gasteiger partial charge in [0, 0.05) is 23.2 Å². The average molecular weight is 578 g/mol. The number of para-hydroxylation sites is 1. The smallest absolute Gasteiger partial charge is 0.259 e. The van der Waals surface area contributed by atoms with Gasteiger partial charge in [-0.2, -0.15) is 5.26 Å². The maximum Gasteiger partial charge on any atom is 0.259 e. The number of carbonyl (C=O) groups is 1. The number of halogens is 1. The Morgan fingerprint density at radius 3 is 2.57 bits per heavy atom. The largest absolute Gasteiger partial charge is 0.490 e. The van der Waals surface area contributed by atoms with Crippen LogP contribution in [0.5, 0.6) is 11.5 Å². The van der Waals surface area contributed by atoms with Crippen molar-refractivity contribution >= 4 is 45.8 Å². The van der Waals surface area contributed by atoms with E-state index in [-0.39, 0.29) is 12.5 Å². The number of nitrogens with zero attached hydrogens (tertiary/aromatic N) is 2. The summed E-state index contributed by atoms with van der Waals surface area (Å²) in [6, 6.07) is 21.4. The number of carbonyl (C=O) groups excluding carboxylic acids is 1. The lowest BCUT2D eigenvalue weighted by atomic mass is 10.0. The Balaban J connectivity index is 1.69. The third-order valence-electron chi connectivity index (χ3n) is 5.66. The van der Waals surface area contributed by atoms with Crippen molar-refractivity contribution in [2.45, 2.75) is 27.4 Å². The summed E-state index contributed by atoms with van der Waals surface area (Å²) in [7, 11) is 0. The first kappa shape index (κ1) is 24.8. The van der Waals surface area contributed by atoms with Crippen LogP contribution in [0, 0.1) is 20.8 Å². The van der Waals surface area contributed by atoms with E-state index in [2.05, 4.69) is 42.5 Å². The third kappa shape index (κ3) is 5.35. The molecular weight excluding hydrogens is 551 g/mol. The predicted molar refractivity (Wildman–Crippen MR) is 147 cm³/mol. The van der Waals surface area contributed by atoms with Crippen LogP contribution in [0.4, 0.5) is 5.69 Å². The quantitative estimate of drug-likeness (QED) is 0.221. The molecule has 0 spiro atoms. The summed E-state index contributed by atoms with van der Waals surface area (Å²) in [6.45, 7) is 7.56. The normalized spacial score (nSPS) is 13.8. The lowest BCUT2D eigenvalue weighted by Gasteiger charge is -2.19. The van der Waals surface area contributed by atoms with Crippen molar-refractivity contribution in [3.05, 3.63) is 86.5 Å².